The van der Waals surface area contributed by atoms with Gasteiger partial charge in [-0.05, 0) is 73.7 Å². The summed E-state index contributed by atoms with van der Waals surface area (Å²) in [5, 5.41) is 4.17. The Bertz CT molecular complexity index is 967. The van der Waals surface area contributed by atoms with Crippen LogP contribution < -0.4 is 10.1 Å². The van der Waals surface area contributed by atoms with Gasteiger partial charge in [-0.3, -0.25) is 4.79 Å². The second-order valence-electron chi connectivity index (χ2n) is 6.95. The Morgan fingerprint density at radius 2 is 1.92 bits per heavy atom. The molecule has 4 rings (SSSR count). The van der Waals surface area contributed by atoms with Crippen LogP contribution in [0, 0.1) is 13.8 Å². The van der Waals surface area contributed by atoms with Crippen LogP contribution >= 0.6 is 0 Å². The van der Waals surface area contributed by atoms with Gasteiger partial charge in [0.1, 0.15) is 5.75 Å². The summed E-state index contributed by atoms with van der Waals surface area (Å²) in [5.74, 6) is 0.873. The first-order valence-electron chi connectivity index (χ1n) is 8.58. The number of aryl methyl sites for hydroxylation is 2. The number of rotatable bonds is 4. The second-order valence-corrected chi connectivity index (χ2v) is 6.95. The van der Waals surface area contributed by atoms with Gasteiger partial charge in [0.15, 0.2) is 0 Å². The lowest BCUT2D eigenvalue weighted by atomic mass is 9.94. The van der Waals surface area contributed by atoms with Gasteiger partial charge in [-0.15, -0.1) is 0 Å². The molecular formula is C21H22N2O2. The van der Waals surface area contributed by atoms with E-state index in [1.54, 1.807) is 7.11 Å². The number of ether oxygens (including phenoxy) is 1. The molecule has 25 heavy (non-hydrogen) atoms. The van der Waals surface area contributed by atoms with E-state index in [1.807, 2.05) is 42.6 Å². The van der Waals surface area contributed by atoms with Crippen molar-refractivity contribution in [3.63, 3.8) is 0 Å². The molecule has 1 fully saturated rings. The minimum atomic E-state index is -0.441. The first-order chi connectivity index (χ1) is 12.0. The van der Waals surface area contributed by atoms with Crippen molar-refractivity contribution in [1.29, 1.82) is 0 Å². The van der Waals surface area contributed by atoms with Crippen LogP contribution in [0.2, 0.25) is 0 Å². The van der Waals surface area contributed by atoms with Crippen molar-refractivity contribution in [3.8, 4) is 5.75 Å². The third-order valence-electron chi connectivity index (χ3n) is 5.35. The molecule has 1 saturated carbocycles. The third kappa shape index (κ3) is 2.58. The zero-order valence-corrected chi connectivity index (χ0v) is 14.8. The molecule has 1 heterocycles. The lowest BCUT2D eigenvalue weighted by Gasteiger charge is -2.16. The predicted octanol–water partition coefficient (Wildman–Crippen LogP) is 4.46. The molecule has 0 aliphatic heterocycles. The van der Waals surface area contributed by atoms with Crippen molar-refractivity contribution in [1.82, 2.24) is 4.98 Å². The van der Waals surface area contributed by atoms with E-state index in [9.17, 15) is 4.79 Å². The summed E-state index contributed by atoms with van der Waals surface area (Å²) >= 11 is 0. The Balaban J connectivity index is 1.67. The lowest BCUT2D eigenvalue weighted by Crippen LogP contribution is -2.27. The number of aromatic amines is 1. The zero-order chi connectivity index (χ0) is 17.6. The van der Waals surface area contributed by atoms with Gasteiger partial charge >= 0.3 is 0 Å². The molecule has 1 amide bonds. The van der Waals surface area contributed by atoms with Gasteiger partial charge in [0, 0.05) is 22.8 Å². The first kappa shape index (κ1) is 15.8. The summed E-state index contributed by atoms with van der Waals surface area (Å²) < 4.78 is 5.35. The molecule has 2 N–H and O–H groups in total. The highest BCUT2D eigenvalue weighted by Crippen LogP contribution is 2.51. The average Bonchev–Trinajstić information content (AvgIpc) is 3.31. The highest BCUT2D eigenvalue weighted by molar-refractivity contribution is 6.04. The SMILES string of the molecule is COc1ccc2[nH]cc(C3(C(=O)Nc4ccc(C)c(C)c4)CC3)c2c1. The van der Waals surface area contributed by atoms with Gasteiger partial charge in [-0.25, -0.2) is 0 Å². The Morgan fingerprint density at radius 3 is 2.60 bits per heavy atom. The predicted molar refractivity (Wildman–Crippen MR) is 100 cm³/mol. The first-order valence-corrected chi connectivity index (χ1v) is 8.58. The molecule has 0 saturated heterocycles. The maximum absolute atomic E-state index is 13.0. The minimum absolute atomic E-state index is 0.0690. The fourth-order valence-corrected chi connectivity index (χ4v) is 3.44. The van der Waals surface area contributed by atoms with Gasteiger partial charge in [-0.1, -0.05) is 6.07 Å². The van der Waals surface area contributed by atoms with Crippen LogP contribution in [0.15, 0.2) is 42.6 Å². The normalized spacial score (nSPS) is 15.2. The molecule has 0 spiro atoms. The molecule has 3 aromatic rings. The third-order valence-corrected chi connectivity index (χ3v) is 5.35. The fraction of sp³-hybridized carbons (Fsp3) is 0.286. The highest BCUT2D eigenvalue weighted by atomic mass is 16.5. The van der Waals surface area contributed by atoms with Gasteiger partial charge in [-0.2, -0.15) is 0 Å². The Labute approximate surface area is 147 Å². The Hall–Kier alpha value is -2.75. The number of carbonyl (C=O) groups excluding carboxylic acids is 1. The number of H-pyrrole nitrogens is 1. The van der Waals surface area contributed by atoms with Crippen LogP contribution in [-0.4, -0.2) is 18.0 Å². The number of fused-ring (bicyclic) bond motifs is 1. The van der Waals surface area contributed by atoms with E-state index in [1.165, 1.54) is 11.1 Å². The number of benzene rings is 2. The van der Waals surface area contributed by atoms with Gasteiger partial charge < -0.3 is 15.0 Å². The molecule has 1 aromatic heterocycles. The maximum Gasteiger partial charge on any atom is 0.235 e. The van der Waals surface area contributed by atoms with Gasteiger partial charge in [0.25, 0.3) is 0 Å². The summed E-state index contributed by atoms with van der Waals surface area (Å²) in [5.41, 5.74) is 4.91. The number of methoxy groups -OCH3 is 1. The number of hydrogen-bond acceptors (Lipinski definition) is 2. The fourth-order valence-electron chi connectivity index (χ4n) is 3.44. The number of anilines is 1. The number of hydrogen-bond donors (Lipinski definition) is 2. The maximum atomic E-state index is 13.0. The summed E-state index contributed by atoms with van der Waals surface area (Å²) in [4.78, 5) is 16.3. The summed E-state index contributed by atoms with van der Waals surface area (Å²) in [6.45, 7) is 4.13. The molecule has 4 nitrogen and oxygen atoms in total. The Kier molecular flexibility index (Phi) is 3.57. The smallest absolute Gasteiger partial charge is 0.235 e. The molecule has 0 radical (unpaired) electrons. The lowest BCUT2D eigenvalue weighted by molar-refractivity contribution is -0.118. The van der Waals surface area contributed by atoms with Crippen molar-refractivity contribution in [2.75, 3.05) is 12.4 Å². The molecule has 4 heteroatoms. The van der Waals surface area contributed by atoms with Crippen molar-refractivity contribution >= 4 is 22.5 Å². The number of carbonyl (C=O) groups is 1. The topological polar surface area (TPSA) is 54.1 Å². The molecule has 1 aliphatic carbocycles. The van der Waals surface area contributed by atoms with Crippen LogP contribution in [0.1, 0.15) is 29.5 Å². The quantitative estimate of drug-likeness (QED) is 0.740. The largest absolute Gasteiger partial charge is 0.497 e. The average molecular weight is 334 g/mol. The number of amides is 1. The van der Waals surface area contributed by atoms with Crippen LogP contribution in [0.5, 0.6) is 5.75 Å². The van der Waals surface area contributed by atoms with Gasteiger partial charge in [0.05, 0.1) is 12.5 Å². The van der Waals surface area contributed by atoms with Crippen molar-refractivity contribution in [2.24, 2.45) is 0 Å². The molecule has 0 atom stereocenters. The minimum Gasteiger partial charge on any atom is -0.497 e. The van der Waals surface area contributed by atoms with E-state index in [0.29, 0.717) is 0 Å². The molecule has 0 unspecified atom stereocenters. The number of nitrogens with one attached hydrogen (secondary N) is 2. The van der Waals surface area contributed by atoms with E-state index >= 15 is 0 Å². The molecule has 128 valence electrons. The van der Waals surface area contributed by atoms with Crippen LogP contribution in [0.25, 0.3) is 10.9 Å². The van der Waals surface area contributed by atoms with E-state index in [0.717, 1.165) is 40.7 Å². The van der Waals surface area contributed by atoms with E-state index < -0.39 is 5.41 Å². The molecule has 2 aromatic carbocycles. The van der Waals surface area contributed by atoms with E-state index in [-0.39, 0.29) is 5.91 Å². The van der Waals surface area contributed by atoms with Crippen LogP contribution in [-0.2, 0) is 10.2 Å². The van der Waals surface area contributed by atoms with Crippen molar-refractivity contribution in [3.05, 3.63) is 59.3 Å². The molecule has 0 bridgehead atoms. The second kappa shape index (κ2) is 5.66. The van der Waals surface area contributed by atoms with Crippen molar-refractivity contribution < 1.29 is 9.53 Å². The summed E-state index contributed by atoms with van der Waals surface area (Å²) in [6, 6.07) is 12.0. The van der Waals surface area contributed by atoms with Gasteiger partial charge in [0.2, 0.25) is 5.91 Å². The summed E-state index contributed by atoms with van der Waals surface area (Å²) in [6.07, 6.45) is 3.71. The van der Waals surface area contributed by atoms with Crippen molar-refractivity contribution in [2.45, 2.75) is 32.1 Å². The molecular weight excluding hydrogens is 312 g/mol. The number of aromatic nitrogens is 1. The highest BCUT2D eigenvalue weighted by Gasteiger charge is 2.52. The van der Waals surface area contributed by atoms with Crippen LogP contribution in [0.4, 0.5) is 5.69 Å². The monoisotopic (exact) mass is 334 g/mol. The summed E-state index contributed by atoms with van der Waals surface area (Å²) in [7, 11) is 1.66. The zero-order valence-electron chi connectivity index (χ0n) is 14.8. The van der Waals surface area contributed by atoms with Crippen LogP contribution in [0.3, 0.4) is 0 Å². The van der Waals surface area contributed by atoms with E-state index in [4.69, 9.17) is 4.74 Å². The van der Waals surface area contributed by atoms with E-state index in [2.05, 4.69) is 24.1 Å². The standard InChI is InChI=1S/C21H22N2O2/c1-13-4-5-15(10-14(13)2)23-20(24)21(8-9-21)18-12-22-19-7-6-16(25-3)11-17(18)19/h4-7,10-12,22H,8-9H2,1-3H3,(H,23,24). The Morgan fingerprint density at radius 1 is 1.12 bits per heavy atom. The molecule has 1 aliphatic rings.